The molecule has 0 saturated carbocycles. The number of hydrogen-bond donors (Lipinski definition) is 1. The van der Waals surface area contributed by atoms with Crippen LogP contribution in [0.5, 0.6) is 0 Å². The molecule has 2 aromatic heterocycles. The molecule has 0 aliphatic heterocycles. The second kappa shape index (κ2) is 6.80. The van der Waals surface area contributed by atoms with E-state index in [2.05, 4.69) is 9.97 Å². The number of aromatic amines is 1. The van der Waals surface area contributed by atoms with Gasteiger partial charge in [0.1, 0.15) is 10.6 Å². The molecule has 0 unspecified atom stereocenters. The number of esters is 1. The maximum Gasteiger partial charge on any atom is 0.345 e. The Hall–Kier alpha value is -2.73. The molecular weight excluding hydrogens is 324 g/mol. The molecule has 5 nitrogen and oxygen atoms in total. The molecule has 0 amide bonds. The Morgan fingerprint density at radius 2 is 2.00 bits per heavy atom. The molecule has 0 spiro atoms. The van der Waals surface area contributed by atoms with Crippen LogP contribution >= 0.6 is 11.3 Å². The largest absolute Gasteiger partial charge is 0.446 e. The fraction of sp³-hybridized carbons (Fsp3) is 0.167. The second-order valence-electron chi connectivity index (χ2n) is 5.41. The van der Waals surface area contributed by atoms with Gasteiger partial charge < -0.3 is 9.72 Å². The van der Waals surface area contributed by atoms with Crippen LogP contribution < -0.4 is 5.56 Å². The van der Waals surface area contributed by atoms with E-state index < -0.39 is 17.6 Å². The van der Waals surface area contributed by atoms with Gasteiger partial charge in [-0.2, -0.15) is 0 Å². The Labute approximate surface area is 143 Å². The monoisotopic (exact) mass is 340 g/mol. The number of benzene rings is 1. The molecule has 2 heterocycles. The maximum absolute atomic E-state index is 12.6. The lowest BCUT2D eigenvalue weighted by Crippen LogP contribution is -2.24. The highest BCUT2D eigenvalue weighted by molar-refractivity contribution is 7.09. The standard InChI is InChI=1S/C18H16N2O3S/c1-11-10-12(2)20-16(21)14(11)18(22)23-15(17-19-8-9-24-17)13-6-4-3-5-7-13/h3-10,15H,1-2H3,(H,20,21)/t15-/m0/s1. The number of carbonyl (C=O) groups excluding carboxylic acids is 1. The fourth-order valence-electron chi connectivity index (χ4n) is 2.53. The van der Waals surface area contributed by atoms with Crippen LogP contribution in [-0.2, 0) is 4.74 Å². The summed E-state index contributed by atoms with van der Waals surface area (Å²) in [5.74, 6) is -0.655. The van der Waals surface area contributed by atoms with E-state index in [0.29, 0.717) is 16.3 Å². The van der Waals surface area contributed by atoms with Crippen molar-refractivity contribution < 1.29 is 9.53 Å². The van der Waals surface area contributed by atoms with E-state index in [1.807, 2.05) is 35.7 Å². The van der Waals surface area contributed by atoms with E-state index in [1.54, 1.807) is 26.1 Å². The summed E-state index contributed by atoms with van der Waals surface area (Å²) in [5, 5.41) is 2.49. The van der Waals surface area contributed by atoms with Crippen LogP contribution in [0.1, 0.15) is 38.3 Å². The number of nitrogens with zero attached hydrogens (tertiary/aromatic N) is 1. The van der Waals surface area contributed by atoms with Gasteiger partial charge in [-0.25, -0.2) is 9.78 Å². The highest BCUT2D eigenvalue weighted by Gasteiger charge is 2.24. The lowest BCUT2D eigenvalue weighted by molar-refractivity contribution is 0.0374. The van der Waals surface area contributed by atoms with E-state index in [-0.39, 0.29) is 5.56 Å². The SMILES string of the molecule is Cc1cc(C)c(C(=O)O[C@@H](c2ccccc2)c2nccs2)c(=O)[nH]1. The number of aryl methyl sites for hydroxylation is 2. The van der Waals surface area contributed by atoms with Crippen LogP contribution in [0.2, 0.25) is 0 Å². The lowest BCUT2D eigenvalue weighted by Gasteiger charge is -2.16. The summed E-state index contributed by atoms with van der Waals surface area (Å²) >= 11 is 1.40. The number of carbonyl (C=O) groups is 1. The molecule has 1 atom stereocenters. The minimum atomic E-state index is -0.655. The van der Waals surface area contributed by atoms with Crippen molar-refractivity contribution in [1.82, 2.24) is 9.97 Å². The zero-order valence-electron chi connectivity index (χ0n) is 13.3. The molecule has 3 aromatic rings. The highest BCUT2D eigenvalue weighted by atomic mass is 32.1. The number of thiazole rings is 1. The molecule has 1 aromatic carbocycles. The Morgan fingerprint density at radius 3 is 2.62 bits per heavy atom. The summed E-state index contributed by atoms with van der Waals surface area (Å²) in [6.45, 7) is 3.49. The number of ether oxygens (including phenoxy) is 1. The number of nitrogens with one attached hydrogen (secondary N) is 1. The number of rotatable bonds is 4. The molecule has 0 radical (unpaired) electrons. The molecule has 0 aliphatic carbocycles. The van der Waals surface area contributed by atoms with Gasteiger partial charge in [0.25, 0.3) is 5.56 Å². The van der Waals surface area contributed by atoms with Crippen molar-refractivity contribution in [3.8, 4) is 0 Å². The fourth-order valence-corrected chi connectivity index (χ4v) is 3.22. The first-order valence-electron chi connectivity index (χ1n) is 7.42. The van der Waals surface area contributed by atoms with Crippen LogP contribution in [0.25, 0.3) is 0 Å². The molecule has 0 bridgehead atoms. The van der Waals surface area contributed by atoms with Crippen LogP contribution in [0, 0.1) is 13.8 Å². The zero-order chi connectivity index (χ0) is 17.1. The minimum absolute atomic E-state index is 0.0260. The third kappa shape index (κ3) is 3.28. The smallest absolute Gasteiger partial charge is 0.345 e. The van der Waals surface area contributed by atoms with E-state index in [9.17, 15) is 9.59 Å². The Kier molecular flexibility index (Phi) is 4.57. The molecule has 0 aliphatic rings. The van der Waals surface area contributed by atoms with Crippen molar-refractivity contribution in [2.75, 3.05) is 0 Å². The first-order valence-corrected chi connectivity index (χ1v) is 8.30. The quantitative estimate of drug-likeness (QED) is 0.739. The van der Waals surface area contributed by atoms with Crippen molar-refractivity contribution in [2.45, 2.75) is 20.0 Å². The third-order valence-corrected chi connectivity index (χ3v) is 4.39. The van der Waals surface area contributed by atoms with Gasteiger partial charge in [0.15, 0.2) is 6.10 Å². The van der Waals surface area contributed by atoms with Crippen LogP contribution in [0.15, 0.2) is 52.8 Å². The van der Waals surface area contributed by atoms with Gasteiger partial charge in [-0.3, -0.25) is 4.79 Å². The molecule has 0 fully saturated rings. The number of pyridine rings is 1. The van der Waals surface area contributed by atoms with Crippen molar-refractivity contribution in [3.05, 3.63) is 85.7 Å². The summed E-state index contributed by atoms with van der Waals surface area (Å²) in [5.41, 5.74) is 1.68. The van der Waals surface area contributed by atoms with Gasteiger partial charge >= 0.3 is 5.97 Å². The molecule has 0 saturated heterocycles. The van der Waals surface area contributed by atoms with Gasteiger partial charge in [0.05, 0.1) is 0 Å². The Bertz CT molecular complexity index is 902. The summed E-state index contributed by atoms with van der Waals surface area (Å²) in [7, 11) is 0. The van der Waals surface area contributed by atoms with E-state index in [1.165, 1.54) is 11.3 Å². The topological polar surface area (TPSA) is 72.0 Å². The predicted octanol–water partition coefficient (Wildman–Crippen LogP) is 3.39. The van der Waals surface area contributed by atoms with Crippen molar-refractivity contribution >= 4 is 17.3 Å². The van der Waals surface area contributed by atoms with Crippen LogP contribution in [0.4, 0.5) is 0 Å². The van der Waals surface area contributed by atoms with Crippen LogP contribution in [0.3, 0.4) is 0 Å². The van der Waals surface area contributed by atoms with Gasteiger partial charge in [-0.05, 0) is 31.0 Å². The number of aromatic nitrogens is 2. The minimum Gasteiger partial charge on any atom is -0.446 e. The molecule has 24 heavy (non-hydrogen) atoms. The van der Waals surface area contributed by atoms with Gasteiger partial charge in [0.2, 0.25) is 0 Å². The Balaban J connectivity index is 1.97. The molecule has 6 heteroatoms. The second-order valence-corrected chi connectivity index (χ2v) is 6.33. The zero-order valence-corrected chi connectivity index (χ0v) is 14.1. The normalized spacial score (nSPS) is 11.9. The molecule has 3 rings (SSSR count). The Morgan fingerprint density at radius 1 is 1.25 bits per heavy atom. The van der Waals surface area contributed by atoms with Gasteiger partial charge in [-0.15, -0.1) is 11.3 Å². The molecular formula is C18H16N2O3S. The summed E-state index contributed by atoms with van der Waals surface area (Å²) < 4.78 is 5.66. The molecule has 122 valence electrons. The van der Waals surface area contributed by atoms with Gasteiger partial charge in [-0.1, -0.05) is 30.3 Å². The summed E-state index contributed by atoms with van der Waals surface area (Å²) in [4.78, 5) is 31.6. The maximum atomic E-state index is 12.6. The van der Waals surface area contributed by atoms with Crippen molar-refractivity contribution in [3.63, 3.8) is 0 Å². The summed E-state index contributed by atoms with van der Waals surface area (Å²) in [6, 6.07) is 11.1. The average Bonchev–Trinajstić information content (AvgIpc) is 3.06. The highest BCUT2D eigenvalue weighted by Crippen LogP contribution is 2.28. The van der Waals surface area contributed by atoms with Crippen molar-refractivity contribution in [2.24, 2.45) is 0 Å². The van der Waals surface area contributed by atoms with Crippen LogP contribution in [-0.4, -0.2) is 15.9 Å². The van der Waals surface area contributed by atoms with E-state index in [4.69, 9.17) is 4.74 Å². The van der Waals surface area contributed by atoms with E-state index in [0.717, 1.165) is 5.56 Å². The average molecular weight is 340 g/mol. The summed E-state index contributed by atoms with van der Waals surface area (Å²) in [6.07, 6.45) is 1.02. The number of H-pyrrole nitrogens is 1. The first kappa shape index (κ1) is 16.1. The number of hydrogen-bond acceptors (Lipinski definition) is 5. The molecule has 1 N–H and O–H groups in total. The predicted molar refractivity (Wildman–Crippen MR) is 92.4 cm³/mol. The third-order valence-electron chi connectivity index (χ3n) is 3.57. The first-order chi connectivity index (χ1) is 11.6. The van der Waals surface area contributed by atoms with Gasteiger partial charge in [0, 0.05) is 17.3 Å². The van der Waals surface area contributed by atoms with E-state index >= 15 is 0 Å². The van der Waals surface area contributed by atoms with Crippen molar-refractivity contribution in [1.29, 1.82) is 0 Å². The lowest BCUT2D eigenvalue weighted by atomic mass is 10.1.